The Morgan fingerprint density at radius 1 is 1.38 bits per heavy atom. The van der Waals surface area contributed by atoms with Gasteiger partial charge in [-0.2, -0.15) is 0 Å². The van der Waals surface area contributed by atoms with Crippen molar-refractivity contribution in [1.29, 1.82) is 0 Å². The lowest BCUT2D eigenvalue weighted by atomic mass is 10.00. The third-order valence-electron chi connectivity index (χ3n) is 3.08. The van der Waals surface area contributed by atoms with Crippen LogP contribution in [0.3, 0.4) is 0 Å². The van der Waals surface area contributed by atoms with Crippen LogP contribution in [0.4, 0.5) is 5.69 Å². The number of hydrogen-bond acceptors (Lipinski definition) is 3. The minimum Gasteiger partial charge on any atom is -0.385 e. The molecule has 1 atom stereocenters. The number of nitrogens with zero attached hydrogens (tertiary/aromatic N) is 1. The average molecular weight is 219 g/mol. The third kappa shape index (κ3) is 3.20. The van der Waals surface area contributed by atoms with E-state index in [2.05, 4.69) is 27.8 Å². The van der Waals surface area contributed by atoms with Crippen LogP contribution in [0.25, 0.3) is 0 Å². The zero-order valence-corrected chi connectivity index (χ0v) is 10.2. The molecule has 1 fully saturated rings. The molecule has 2 rings (SSSR count). The summed E-state index contributed by atoms with van der Waals surface area (Å²) in [5.74, 6) is 0.766. The second-order valence-electron chi connectivity index (χ2n) is 4.73. The summed E-state index contributed by atoms with van der Waals surface area (Å²) in [6.07, 6.45) is 2.64. The number of pyridine rings is 1. The van der Waals surface area contributed by atoms with Crippen LogP contribution in [0.2, 0.25) is 0 Å². The van der Waals surface area contributed by atoms with Crippen molar-refractivity contribution in [2.45, 2.75) is 26.7 Å². The van der Waals surface area contributed by atoms with Crippen molar-refractivity contribution in [1.82, 2.24) is 10.3 Å². The highest BCUT2D eigenvalue weighted by atomic mass is 14.9. The van der Waals surface area contributed by atoms with E-state index in [0.717, 1.165) is 30.4 Å². The maximum absolute atomic E-state index is 4.38. The number of hydrogen-bond donors (Lipinski definition) is 2. The van der Waals surface area contributed by atoms with Gasteiger partial charge in [0.25, 0.3) is 0 Å². The molecular formula is C13H21N3. The number of aryl methyl sites for hydroxylation is 2. The van der Waals surface area contributed by atoms with Crippen LogP contribution >= 0.6 is 0 Å². The maximum Gasteiger partial charge on any atom is 0.0396 e. The number of nitrogens with one attached hydrogen (secondary N) is 2. The van der Waals surface area contributed by atoms with Gasteiger partial charge in [0.2, 0.25) is 0 Å². The number of rotatable bonds is 3. The summed E-state index contributed by atoms with van der Waals surface area (Å²) in [5, 5.41) is 6.96. The van der Waals surface area contributed by atoms with Crippen LogP contribution in [-0.2, 0) is 0 Å². The predicted molar refractivity (Wildman–Crippen MR) is 67.8 cm³/mol. The molecule has 0 radical (unpaired) electrons. The number of anilines is 1. The van der Waals surface area contributed by atoms with Gasteiger partial charge in [-0.25, -0.2) is 0 Å². The molecule has 0 aromatic carbocycles. The minimum atomic E-state index is 0.766. The number of aromatic nitrogens is 1. The SMILES string of the molecule is Cc1cc(NCC2CCCNC2)cc(C)n1. The molecule has 3 nitrogen and oxygen atoms in total. The van der Waals surface area contributed by atoms with Crippen LogP contribution < -0.4 is 10.6 Å². The summed E-state index contributed by atoms with van der Waals surface area (Å²) >= 11 is 0. The Hall–Kier alpha value is -1.09. The van der Waals surface area contributed by atoms with Crippen molar-refractivity contribution in [2.24, 2.45) is 5.92 Å². The fourth-order valence-electron chi connectivity index (χ4n) is 2.30. The van der Waals surface area contributed by atoms with Gasteiger partial charge in [0.05, 0.1) is 0 Å². The molecule has 2 N–H and O–H groups in total. The highest BCUT2D eigenvalue weighted by Gasteiger charge is 2.12. The molecule has 1 aliphatic rings. The zero-order chi connectivity index (χ0) is 11.4. The van der Waals surface area contributed by atoms with Crippen LogP contribution in [-0.4, -0.2) is 24.6 Å². The Balaban J connectivity index is 1.88. The quantitative estimate of drug-likeness (QED) is 0.817. The molecule has 0 bridgehead atoms. The van der Waals surface area contributed by atoms with Crippen molar-refractivity contribution >= 4 is 5.69 Å². The molecule has 88 valence electrons. The molecule has 1 unspecified atom stereocenters. The van der Waals surface area contributed by atoms with Gasteiger partial charge >= 0.3 is 0 Å². The van der Waals surface area contributed by atoms with Crippen LogP contribution in [0, 0.1) is 19.8 Å². The van der Waals surface area contributed by atoms with E-state index >= 15 is 0 Å². The second kappa shape index (κ2) is 5.30. The molecule has 0 aliphatic carbocycles. The lowest BCUT2D eigenvalue weighted by molar-refractivity contribution is 0.393. The van der Waals surface area contributed by atoms with Crippen molar-refractivity contribution < 1.29 is 0 Å². The Morgan fingerprint density at radius 3 is 2.75 bits per heavy atom. The summed E-state index contributed by atoms with van der Waals surface area (Å²) in [6, 6.07) is 4.23. The third-order valence-corrected chi connectivity index (χ3v) is 3.08. The van der Waals surface area contributed by atoms with E-state index in [1.165, 1.54) is 25.1 Å². The fourth-order valence-corrected chi connectivity index (χ4v) is 2.30. The zero-order valence-electron chi connectivity index (χ0n) is 10.2. The first-order valence-corrected chi connectivity index (χ1v) is 6.14. The topological polar surface area (TPSA) is 37.0 Å². The summed E-state index contributed by atoms with van der Waals surface area (Å²) in [5.41, 5.74) is 3.38. The molecule has 0 spiro atoms. The van der Waals surface area contributed by atoms with Crippen molar-refractivity contribution in [3.8, 4) is 0 Å². The van der Waals surface area contributed by atoms with E-state index in [1.807, 2.05) is 13.8 Å². The Labute approximate surface area is 97.7 Å². The van der Waals surface area contributed by atoms with Gasteiger partial charge in [-0.05, 0) is 57.8 Å². The van der Waals surface area contributed by atoms with E-state index in [9.17, 15) is 0 Å². The summed E-state index contributed by atoms with van der Waals surface area (Å²) in [7, 11) is 0. The van der Waals surface area contributed by atoms with Gasteiger partial charge in [0.15, 0.2) is 0 Å². The standard InChI is InChI=1S/C13H21N3/c1-10-6-13(7-11(2)16-10)15-9-12-4-3-5-14-8-12/h6-7,12,14H,3-5,8-9H2,1-2H3,(H,15,16). The van der Waals surface area contributed by atoms with Crippen LogP contribution in [0.5, 0.6) is 0 Å². The van der Waals surface area contributed by atoms with Gasteiger partial charge in [-0.3, -0.25) is 4.98 Å². The molecule has 16 heavy (non-hydrogen) atoms. The first-order chi connectivity index (χ1) is 7.74. The van der Waals surface area contributed by atoms with E-state index < -0.39 is 0 Å². The monoisotopic (exact) mass is 219 g/mol. The fraction of sp³-hybridized carbons (Fsp3) is 0.615. The molecule has 1 aliphatic heterocycles. The highest BCUT2D eigenvalue weighted by molar-refractivity contribution is 5.45. The average Bonchev–Trinajstić information content (AvgIpc) is 2.27. The molecule has 0 amide bonds. The molecular weight excluding hydrogens is 198 g/mol. The Bertz CT molecular complexity index is 323. The maximum atomic E-state index is 4.38. The molecule has 1 aromatic heterocycles. The van der Waals surface area contributed by atoms with E-state index in [-0.39, 0.29) is 0 Å². The number of piperidine rings is 1. The second-order valence-corrected chi connectivity index (χ2v) is 4.73. The molecule has 0 saturated carbocycles. The van der Waals surface area contributed by atoms with Gasteiger partial charge in [-0.15, -0.1) is 0 Å². The van der Waals surface area contributed by atoms with Crippen molar-refractivity contribution in [3.05, 3.63) is 23.5 Å². The van der Waals surface area contributed by atoms with Crippen molar-refractivity contribution in [3.63, 3.8) is 0 Å². The van der Waals surface area contributed by atoms with E-state index in [4.69, 9.17) is 0 Å². The Morgan fingerprint density at radius 2 is 2.12 bits per heavy atom. The van der Waals surface area contributed by atoms with Gasteiger partial charge in [-0.1, -0.05) is 0 Å². The first kappa shape index (κ1) is 11.4. The van der Waals surface area contributed by atoms with E-state index in [1.54, 1.807) is 0 Å². The molecule has 2 heterocycles. The molecule has 3 heteroatoms. The van der Waals surface area contributed by atoms with Crippen LogP contribution in [0.1, 0.15) is 24.2 Å². The van der Waals surface area contributed by atoms with E-state index in [0.29, 0.717) is 0 Å². The molecule has 1 aromatic rings. The normalized spacial score (nSPS) is 20.8. The van der Waals surface area contributed by atoms with Gasteiger partial charge in [0.1, 0.15) is 0 Å². The minimum absolute atomic E-state index is 0.766. The largest absolute Gasteiger partial charge is 0.385 e. The lowest BCUT2D eigenvalue weighted by Gasteiger charge is -2.23. The van der Waals surface area contributed by atoms with Crippen molar-refractivity contribution in [2.75, 3.05) is 25.0 Å². The van der Waals surface area contributed by atoms with Gasteiger partial charge < -0.3 is 10.6 Å². The predicted octanol–water partition coefficient (Wildman–Crippen LogP) is 2.11. The Kier molecular flexibility index (Phi) is 3.78. The summed E-state index contributed by atoms with van der Waals surface area (Å²) < 4.78 is 0. The van der Waals surface area contributed by atoms with Crippen LogP contribution in [0.15, 0.2) is 12.1 Å². The highest BCUT2D eigenvalue weighted by Crippen LogP contribution is 2.14. The summed E-state index contributed by atoms with van der Waals surface area (Å²) in [6.45, 7) is 7.48. The molecule has 1 saturated heterocycles. The first-order valence-electron chi connectivity index (χ1n) is 6.14. The van der Waals surface area contributed by atoms with Gasteiger partial charge in [0, 0.05) is 23.6 Å². The summed E-state index contributed by atoms with van der Waals surface area (Å²) in [4.78, 5) is 4.38. The lowest BCUT2D eigenvalue weighted by Crippen LogP contribution is -2.33. The smallest absolute Gasteiger partial charge is 0.0396 e.